The second-order valence-electron chi connectivity index (χ2n) is 0.492. The number of carboxylic acids is 1. The number of aliphatic carboxylic acids is 1. The van der Waals surface area contributed by atoms with Crippen molar-refractivity contribution < 1.29 is 101 Å². The van der Waals surface area contributed by atoms with Crippen molar-refractivity contribution in [3.05, 3.63) is 0 Å². The molecule has 56 valence electrons. The van der Waals surface area contributed by atoms with Crippen LogP contribution in [0.15, 0.2) is 0 Å². The van der Waals surface area contributed by atoms with Gasteiger partial charge in [0, 0.05) is 5.97 Å². The maximum absolute atomic E-state index is 8.89. The quantitative estimate of drug-likeness (QED) is 0.424. The van der Waals surface area contributed by atoms with E-state index in [2.05, 4.69) is 0 Å². The van der Waals surface area contributed by atoms with Crippen molar-refractivity contribution in [1.29, 1.82) is 0 Å². The third kappa shape index (κ3) is 274. The second kappa shape index (κ2) is 34.4. The van der Waals surface area contributed by atoms with Crippen LogP contribution in [0.2, 0.25) is 0 Å². The van der Waals surface area contributed by atoms with Gasteiger partial charge in [-0.15, -0.1) is 0 Å². The van der Waals surface area contributed by atoms with Crippen LogP contribution in [0.3, 0.4) is 0 Å². The fraction of sp³-hybridized carbons (Fsp3) is 0.500. The van der Waals surface area contributed by atoms with Crippen LogP contribution in [-0.4, -0.2) is 27.9 Å². The molecule has 0 fully saturated rings. The number of rotatable bonds is 0. The molecule has 7 heteroatoms. The Morgan fingerprint density at radius 3 is 1.11 bits per heavy atom. The Kier molecular flexibility index (Phi) is 182. The van der Waals surface area contributed by atoms with Gasteiger partial charge in [-0.2, -0.15) is 0 Å². The van der Waals surface area contributed by atoms with E-state index in [0.717, 1.165) is 6.92 Å². The molecule has 0 unspecified atom stereocenters. The zero-order valence-corrected chi connectivity index (χ0v) is 11.6. The summed E-state index contributed by atoms with van der Waals surface area (Å²) in [5.74, 6) is -1.08. The number of carboxylic acid groups (broad SMARTS) is 1. The number of hydrogen-bond acceptors (Lipinski definition) is 2. The summed E-state index contributed by atoms with van der Waals surface area (Å²) in [4.78, 5) is 8.89. The first kappa shape index (κ1) is 47.7. The molecule has 0 bridgehead atoms. The Labute approximate surface area is 111 Å². The standard InChI is InChI=1S/C2H4O2.Cs.4H2O/c1-2(3)4;;;;;/h1H3,(H,3,4);;4*1H2/q;+1;;;;/p-1. The summed E-state index contributed by atoms with van der Waals surface area (Å²) in [7, 11) is 0. The van der Waals surface area contributed by atoms with Crippen LogP contribution in [-0.2, 0) is 4.79 Å². The molecule has 0 rings (SSSR count). The smallest absolute Gasteiger partial charge is 0.550 e. The van der Waals surface area contributed by atoms with E-state index in [0.29, 0.717) is 0 Å². The van der Waals surface area contributed by atoms with E-state index >= 15 is 0 Å². The fourth-order valence-electron chi connectivity index (χ4n) is 0. The van der Waals surface area contributed by atoms with Crippen molar-refractivity contribution in [2.24, 2.45) is 0 Å². The molecule has 0 saturated heterocycles. The maximum Gasteiger partial charge on any atom is 1.00 e. The molecule has 0 aromatic rings. The molecule has 8 N–H and O–H groups in total. The van der Waals surface area contributed by atoms with Gasteiger partial charge in [-0.25, -0.2) is 0 Å². The minimum atomic E-state index is -1.08. The summed E-state index contributed by atoms with van der Waals surface area (Å²) < 4.78 is 0. The molecule has 9 heavy (non-hydrogen) atoms. The summed E-state index contributed by atoms with van der Waals surface area (Å²) in [6.07, 6.45) is 0. The van der Waals surface area contributed by atoms with Gasteiger partial charge < -0.3 is 31.8 Å². The van der Waals surface area contributed by atoms with Crippen LogP contribution in [0.1, 0.15) is 6.92 Å². The predicted molar refractivity (Wildman–Crippen MR) is 25.1 cm³/mol. The number of carbonyl (C=O) groups excluding carboxylic acids is 1. The molecule has 0 amide bonds. The zero-order valence-electron chi connectivity index (χ0n) is 5.32. The molecule has 0 aliphatic carbocycles. The summed E-state index contributed by atoms with van der Waals surface area (Å²) in [5.41, 5.74) is 0. The number of carbonyl (C=O) groups is 1. The van der Waals surface area contributed by atoms with Crippen LogP contribution >= 0.6 is 0 Å². The van der Waals surface area contributed by atoms with Crippen LogP contribution in [0.5, 0.6) is 0 Å². The molecule has 0 aromatic carbocycles. The van der Waals surface area contributed by atoms with Gasteiger partial charge in [0.15, 0.2) is 0 Å². The minimum Gasteiger partial charge on any atom is -0.550 e. The van der Waals surface area contributed by atoms with E-state index in [1.54, 1.807) is 0 Å². The fourth-order valence-corrected chi connectivity index (χ4v) is 0. The molecule has 0 aliphatic heterocycles. The molecular weight excluding hydrogens is 253 g/mol. The van der Waals surface area contributed by atoms with Crippen molar-refractivity contribution in [3.8, 4) is 0 Å². The Hall–Kier alpha value is 1.36. The maximum atomic E-state index is 8.89. The molecule has 0 spiro atoms. The average molecular weight is 264 g/mol. The van der Waals surface area contributed by atoms with Crippen molar-refractivity contribution in [3.63, 3.8) is 0 Å². The van der Waals surface area contributed by atoms with Gasteiger partial charge in [0.05, 0.1) is 0 Å². The summed E-state index contributed by atoms with van der Waals surface area (Å²) in [6, 6.07) is 0. The van der Waals surface area contributed by atoms with Gasteiger partial charge in [0.1, 0.15) is 0 Å². The third-order valence-electron chi connectivity index (χ3n) is 0. The van der Waals surface area contributed by atoms with Gasteiger partial charge in [-0.3, -0.25) is 0 Å². The molecule has 0 aromatic heterocycles. The first-order valence-electron chi connectivity index (χ1n) is 0.908. The van der Waals surface area contributed by atoms with Crippen molar-refractivity contribution >= 4 is 5.97 Å². The Bertz CT molecular complexity index is 34.0. The topological polar surface area (TPSA) is 166 Å². The van der Waals surface area contributed by atoms with Crippen LogP contribution in [0.4, 0.5) is 0 Å². The van der Waals surface area contributed by atoms with Crippen molar-refractivity contribution in [2.75, 3.05) is 0 Å². The normalized spacial score (nSPS) is 2.78. The van der Waals surface area contributed by atoms with Gasteiger partial charge >= 0.3 is 68.9 Å². The largest absolute Gasteiger partial charge is 1.00 e. The zero-order chi connectivity index (χ0) is 3.58. The monoisotopic (exact) mass is 264 g/mol. The molecule has 0 saturated carbocycles. The molecule has 0 radical (unpaired) electrons. The van der Waals surface area contributed by atoms with Gasteiger partial charge in [-0.1, -0.05) is 0 Å². The van der Waals surface area contributed by atoms with E-state index in [4.69, 9.17) is 9.90 Å². The van der Waals surface area contributed by atoms with E-state index in [9.17, 15) is 0 Å². The molecular formula is C2H11CsO6. The second-order valence-corrected chi connectivity index (χ2v) is 0.492. The molecule has 0 aliphatic rings. The Morgan fingerprint density at radius 1 is 1.11 bits per heavy atom. The number of hydrogen-bond donors (Lipinski definition) is 0. The summed E-state index contributed by atoms with van der Waals surface area (Å²) in [5, 5.41) is 8.89. The van der Waals surface area contributed by atoms with Gasteiger partial charge in [-0.05, 0) is 6.92 Å². The van der Waals surface area contributed by atoms with Crippen molar-refractivity contribution in [2.45, 2.75) is 6.92 Å². The van der Waals surface area contributed by atoms with Crippen molar-refractivity contribution in [1.82, 2.24) is 0 Å². The Morgan fingerprint density at radius 2 is 1.11 bits per heavy atom. The van der Waals surface area contributed by atoms with E-state index in [-0.39, 0.29) is 90.8 Å². The van der Waals surface area contributed by atoms with E-state index in [1.165, 1.54) is 0 Å². The van der Waals surface area contributed by atoms with Crippen LogP contribution < -0.4 is 74.0 Å². The predicted octanol–water partition coefficient (Wildman–Crippen LogP) is -7.54. The third-order valence-corrected chi connectivity index (χ3v) is 0. The van der Waals surface area contributed by atoms with E-state index < -0.39 is 5.97 Å². The molecule has 0 atom stereocenters. The molecule has 0 heterocycles. The minimum absolute atomic E-state index is 0. The Balaban J connectivity index is -0.00000000450. The average Bonchev–Trinajstić information content (AvgIpc) is 0.811. The van der Waals surface area contributed by atoms with E-state index in [1.807, 2.05) is 0 Å². The van der Waals surface area contributed by atoms with Gasteiger partial charge in [0.2, 0.25) is 0 Å². The van der Waals surface area contributed by atoms with Gasteiger partial charge in [0.25, 0.3) is 0 Å². The van der Waals surface area contributed by atoms with Crippen LogP contribution in [0.25, 0.3) is 0 Å². The van der Waals surface area contributed by atoms with Crippen LogP contribution in [0, 0.1) is 0 Å². The first-order valence-corrected chi connectivity index (χ1v) is 0.908. The summed E-state index contributed by atoms with van der Waals surface area (Å²) >= 11 is 0. The summed E-state index contributed by atoms with van der Waals surface area (Å²) in [6.45, 7) is 0.972. The SMILES string of the molecule is CC(=O)[O-].O.O.O.O.[Cs+]. The first-order chi connectivity index (χ1) is 1.73. The molecule has 6 nitrogen and oxygen atoms in total.